The third-order valence-corrected chi connectivity index (χ3v) is 5.33. The molecule has 1 amide bonds. The third kappa shape index (κ3) is 3.67. The number of thiazole rings is 1. The number of carbonyl (C=O) groups is 1. The number of hydrogen-bond donors (Lipinski definition) is 0. The summed E-state index contributed by atoms with van der Waals surface area (Å²) in [4.78, 5) is 29.7. The molecule has 0 saturated heterocycles. The van der Waals surface area contributed by atoms with Crippen molar-refractivity contribution in [1.82, 2.24) is 4.98 Å². The second kappa shape index (κ2) is 7.72. The molecule has 0 aliphatic heterocycles. The van der Waals surface area contributed by atoms with Gasteiger partial charge in [0.25, 0.3) is 11.6 Å². The van der Waals surface area contributed by atoms with E-state index in [9.17, 15) is 14.9 Å². The number of para-hydroxylation sites is 1. The Morgan fingerprint density at radius 2 is 2.00 bits per heavy atom. The Hall–Kier alpha value is -3.72. The van der Waals surface area contributed by atoms with Crippen LogP contribution in [-0.2, 0) is 6.54 Å². The molecule has 4 rings (SSSR count). The Morgan fingerprint density at radius 3 is 2.66 bits per heavy atom. The van der Waals surface area contributed by atoms with Gasteiger partial charge in [-0.1, -0.05) is 17.4 Å². The van der Waals surface area contributed by atoms with E-state index >= 15 is 0 Å². The number of furan rings is 1. The van der Waals surface area contributed by atoms with E-state index in [0.717, 1.165) is 4.70 Å². The third-order valence-electron chi connectivity index (χ3n) is 4.29. The summed E-state index contributed by atoms with van der Waals surface area (Å²) in [6, 6.07) is 14.6. The van der Waals surface area contributed by atoms with Crippen LogP contribution in [0.25, 0.3) is 10.2 Å². The number of fused-ring (bicyclic) bond motifs is 1. The van der Waals surface area contributed by atoms with Crippen LogP contribution in [-0.4, -0.2) is 22.9 Å². The van der Waals surface area contributed by atoms with Crippen LogP contribution in [0.4, 0.5) is 10.8 Å². The molecule has 2 aromatic heterocycles. The molecule has 8 nitrogen and oxygen atoms in total. The molecule has 0 N–H and O–H groups in total. The number of amides is 1. The number of ether oxygens (including phenoxy) is 1. The largest absolute Gasteiger partial charge is 0.494 e. The van der Waals surface area contributed by atoms with Crippen LogP contribution in [0.2, 0.25) is 0 Å². The Kier molecular flexibility index (Phi) is 4.96. The molecule has 2 heterocycles. The van der Waals surface area contributed by atoms with Crippen molar-refractivity contribution in [3.8, 4) is 5.75 Å². The number of methoxy groups -OCH3 is 1. The molecule has 0 radical (unpaired) electrons. The van der Waals surface area contributed by atoms with Crippen molar-refractivity contribution in [2.45, 2.75) is 6.54 Å². The van der Waals surface area contributed by atoms with Crippen molar-refractivity contribution in [3.05, 3.63) is 82.3 Å². The van der Waals surface area contributed by atoms with E-state index in [4.69, 9.17) is 9.15 Å². The van der Waals surface area contributed by atoms with Gasteiger partial charge in [-0.25, -0.2) is 4.98 Å². The van der Waals surface area contributed by atoms with E-state index in [1.807, 2.05) is 12.1 Å². The molecule has 0 bridgehead atoms. The van der Waals surface area contributed by atoms with E-state index in [1.54, 1.807) is 25.3 Å². The van der Waals surface area contributed by atoms with Gasteiger partial charge in [0.15, 0.2) is 5.13 Å². The SMILES string of the molecule is COc1cccc2sc(N(Cc3ccco3)C(=O)c3ccc([N+](=O)[O-])cc3)nc12. The summed E-state index contributed by atoms with van der Waals surface area (Å²) in [7, 11) is 1.57. The average molecular weight is 409 g/mol. The highest BCUT2D eigenvalue weighted by Crippen LogP contribution is 2.35. The first-order valence-electron chi connectivity index (χ1n) is 8.59. The van der Waals surface area contributed by atoms with E-state index in [1.165, 1.54) is 46.8 Å². The number of nitro benzene ring substituents is 1. The molecule has 0 fully saturated rings. The first kappa shape index (κ1) is 18.6. The topological polar surface area (TPSA) is 98.7 Å². The summed E-state index contributed by atoms with van der Waals surface area (Å²) in [6.45, 7) is 0.172. The van der Waals surface area contributed by atoms with E-state index in [-0.39, 0.29) is 18.1 Å². The van der Waals surface area contributed by atoms with Crippen LogP contribution in [0.5, 0.6) is 5.75 Å². The van der Waals surface area contributed by atoms with Gasteiger partial charge in [0.1, 0.15) is 17.0 Å². The van der Waals surface area contributed by atoms with Crippen molar-refractivity contribution >= 4 is 38.3 Å². The molecule has 146 valence electrons. The van der Waals surface area contributed by atoms with Gasteiger partial charge in [0.2, 0.25) is 0 Å². The normalized spacial score (nSPS) is 10.8. The highest BCUT2D eigenvalue weighted by molar-refractivity contribution is 7.22. The number of carbonyl (C=O) groups excluding carboxylic acids is 1. The Bertz CT molecular complexity index is 1170. The van der Waals surface area contributed by atoms with Crippen molar-refractivity contribution in [2.75, 3.05) is 12.0 Å². The zero-order chi connectivity index (χ0) is 20.4. The summed E-state index contributed by atoms with van der Waals surface area (Å²) in [6.07, 6.45) is 1.53. The standard InChI is InChI=1S/C20H15N3O5S/c1-27-16-5-2-6-17-18(16)21-20(29-17)22(12-15-4-3-11-28-15)19(24)13-7-9-14(10-8-13)23(25)26/h2-11H,12H2,1H3. The van der Waals surface area contributed by atoms with E-state index in [2.05, 4.69) is 4.98 Å². The molecule has 0 aliphatic carbocycles. The minimum atomic E-state index is -0.505. The molecular weight excluding hydrogens is 394 g/mol. The Morgan fingerprint density at radius 1 is 1.21 bits per heavy atom. The average Bonchev–Trinajstić information content (AvgIpc) is 3.40. The maximum absolute atomic E-state index is 13.2. The Balaban J connectivity index is 1.75. The molecule has 0 unspecified atom stereocenters. The Labute approximate surface area is 169 Å². The maximum atomic E-state index is 13.2. The summed E-state index contributed by atoms with van der Waals surface area (Å²) < 4.78 is 11.7. The predicted molar refractivity (Wildman–Crippen MR) is 108 cm³/mol. The lowest BCUT2D eigenvalue weighted by molar-refractivity contribution is -0.384. The van der Waals surface area contributed by atoms with Crippen molar-refractivity contribution in [3.63, 3.8) is 0 Å². The number of nitrogens with zero attached hydrogens (tertiary/aromatic N) is 3. The van der Waals surface area contributed by atoms with Crippen molar-refractivity contribution < 1.29 is 18.9 Å². The van der Waals surface area contributed by atoms with E-state index in [0.29, 0.717) is 27.7 Å². The van der Waals surface area contributed by atoms with Gasteiger partial charge in [-0.15, -0.1) is 0 Å². The molecule has 0 spiro atoms. The summed E-state index contributed by atoms with van der Waals surface area (Å²) >= 11 is 1.35. The minimum absolute atomic E-state index is 0.0798. The quantitative estimate of drug-likeness (QED) is 0.339. The predicted octanol–water partition coefficient (Wildman–Crippen LogP) is 4.65. The number of nitro groups is 1. The lowest BCUT2D eigenvalue weighted by atomic mass is 10.2. The lowest BCUT2D eigenvalue weighted by Crippen LogP contribution is -2.30. The number of benzene rings is 2. The van der Waals surface area contributed by atoms with Crippen LogP contribution < -0.4 is 9.64 Å². The molecule has 29 heavy (non-hydrogen) atoms. The number of hydrogen-bond acceptors (Lipinski definition) is 7. The van der Waals surface area contributed by atoms with Crippen LogP contribution in [0.3, 0.4) is 0 Å². The summed E-state index contributed by atoms with van der Waals surface area (Å²) in [5, 5.41) is 11.4. The molecular formula is C20H15N3O5S. The van der Waals surface area contributed by atoms with Crippen molar-refractivity contribution in [1.29, 1.82) is 0 Å². The molecule has 0 aliphatic rings. The van der Waals surface area contributed by atoms with Crippen LogP contribution in [0, 0.1) is 10.1 Å². The van der Waals surface area contributed by atoms with Gasteiger partial charge in [0, 0.05) is 17.7 Å². The van der Waals surface area contributed by atoms with Gasteiger partial charge in [0.05, 0.1) is 29.5 Å². The van der Waals surface area contributed by atoms with E-state index < -0.39 is 4.92 Å². The lowest BCUT2D eigenvalue weighted by Gasteiger charge is -2.18. The summed E-state index contributed by atoms with van der Waals surface area (Å²) in [5.41, 5.74) is 0.896. The highest BCUT2D eigenvalue weighted by atomic mass is 32.1. The molecule has 0 saturated carbocycles. The van der Waals surface area contributed by atoms with Gasteiger partial charge in [-0.2, -0.15) is 0 Å². The number of aromatic nitrogens is 1. The molecule has 9 heteroatoms. The zero-order valence-corrected chi connectivity index (χ0v) is 16.1. The van der Waals surface area contributed by atoms with Gasteiger partial charge >= 0.3 is 0 Å². The summed E-state index contributed by atoms with van der Waals surface area (Å²) in [5.74, 6) is 0.867. The van der Waals surface area contributed by atoms with Crippen LogP contribution in [0.1, 0.15) is 16.1 Å². The maximum Gasteiger partial charge on any atom is 0.269 e. The highest BCUT2D eigenvalue weighted by Gasteiger charge is 2.24. The zero-order valence-electron chi connectivity index (χ0n) is 15.3. The van der Waals surface area contributed by atoms with Gasteiger partial charge < -0.3 is 9.15 Å². The second-order valence-electron chi connectivity index (χ2n) is 6.08. The van der Waals surface area contributed by atoms with Crippen LogP contribution in [0.15, 0.2) is 65.3 Å². The smallest absolute Gasteiger partial charge is 0.269 e. The fourth-order valence-electron chi connectivity index (χ4n) is 2.86. The monoisotopic (exact) mass is 409 g/mol. The second-order valence-corrected chi connectivity index (χ2v) is 7.09. The van der Waals surface area contributed by atoms with Gasteiger partial charge in [-0.05, 0) is 36.4 Å². The van der Waals surface area contributed by atoms with Gasteiger partial charge in [-0.3, -0.25) is 19.8 Å². The minimum Gasteiger partial charge on any atom is -0.494 e. The number of non-ortho nitro benzene ring substituents is 1. The van der Waals surface area contributed by atoms with Crippen molar-refractivity contribution in [2.24, 2.45) is 0 Å². The first-order chi connectivity index (χ1) is 14.1. The number of anilines is 1. The first-order valence-corrected chi connectivity index (χ1v) is 9.40. The molecule has 2 aromatic carbocycles. The molecule has 0 atom stereocenters. The number of rotatable bonds is 6. The fourth-order valence-corrected chi connectivity index (χ4v) is 3.84. The molecule has 4 aromatic rings. The fraction of sp³-hybridized carbons (Fsp3) is 0.100. The van der Waals surface area contributed by atoms with Crippen LogP contribution >= 0.6 is 11.3 Å².